The molecular weight excluding hydrogens is 322 g/mol. The molecule has 0 bridgehead atoms. The molecule has 2 atom stereocenters. The van der Waals surface area contributed by atoms with Gasteiger partial charge in [-0.05, 0) is 29.9 Å². The second-order valence-electron chi connectivity index (χ2n) is 6.99. The molecule has 0 spiro atoms. The maximum atomic E-state index is 11.6. The van der Waals surface area contributed by atoms with Crippen LogP contribution >= 0.6 is 0 Å². The first-order chi connectivity index (χ1) is 11.4. The van der Waals surface area contributed by atoms with Gasteiger partial charge in [-0.3, -0.25) is 4.90 Å². The standard InChI is InChI=1S/C18H27N3O2S/c1-4-7-15-11-21(13-17(15)19-24(3,22)23)12-16-10-14-8-5-6-9-18(14)20(16)2/h5-6,8-10,15,17,19H,4,7,11-13H2,1-3H3/t15-,17-/m1/s1. The summed E-state index contributed by atoms with van der Waals surface area (Å²) in [6.45, 7) is 4.74. The van der Waals surface area contributed by atoms with Gasteiger partial charge in [-0.1, -0.05) is 31.5 Å². The summed E-state index contributed by atoms with van der Waals surface area (Å²) in [6.07, 6.45) is 3.38. The first-order valence-corrected chi connectivity index (χ1v) is 10.5. The molecule has 1 aliphatic heterocycles. The van der Waals surface area contributed by atoms with E-state index in [2.05, 4.69) is 58.5 Å². The molecule has 0 amide bonds. The summed E-state index contributed by atoms with van der Waals surface area (Å²) in [4.78, 5) is 2.37. The summed E-state index contributed by atoms with van der Waals surface area (Å²) in [5, 5.41) is 1.25. The van der Waals surface area contributed by atoms with Crippen LogP contribution in [-0.4, -0.2) is 43.3 Å². The topological polar surface area (TPSA) is 54.3 Å². The number of aromatic nitrogens is 1. The van der Waals surface area contributed by atoms with Crippen molar-refractivity contribution in [1.82, 2.24) is 14.2 Å². The van der Waals surface area contributed by atoms with Crippen LogP contribution in [0, 0.1) is 5.92 Å². The summed E-state index contributed by atoms with van der Waals surface area (Å²) < 4.78 is 28.4. The number of rotatable bonds is 6. The molecule has 1 saturated heterocycles. The predicted octanol–water partition coefficient (Wildman–Crippen LogP) is 2.33. The van der Waals surface area contributed by atoms with Crippen LogP contribution in [0.25, 0.3) is 10.9 Å². The summed E-state index contributed by atoms with van der Waals surface area (Å²) in [5.41, 5.74) is 2.51. The van der Waals surface area contributed by atoms with Gasteiger partial charge in [0.1, 0.15) is 0 Å². The number of aryl methyl sites for hydroxylation is 1. The molecule has 5 nitrogen and oxygen atoms in total. The van der Waals surface area contributed by atoms with Crippen molar-refractivity contribution in [3.05, 3.63) is 36.0 Å². The van der Waals surface area contributed by atoms with E-state index in [1.807, 2.05) is 0 Å². The van der Waals surface area contributed by atoms with Gasteiger partial charge < -0.3 is 4.57 Å². The van der Waals surface area contributed by atoms with E-state index in [1.54, 1.807) is 0 Å². The summed E-state index contributed by atoms with van der Waals surface area (Å²) in [7, 11) is -1.06. The highest BCUT2D eigenvalue weighted by atomic mass is 32.2. The van der Waals surface area contributed by atoms with Gasteiger partial charge in [-0.15, -0.1) is 0 Å². The SMILES string of the molecule is CCC[C@@H]1CN(Cc2cc3ccccc3n2C)C[C@H]1NS(C)(=O)=O. The minimum absolute atomic E-state index is 0.0228. The Labute approximate surface area is 144 Å². The van der Waals surface area contributed by atoms with Crippen molar-refractivity contribution in [2.75, 3.05) is 19.3 Å². The Kier molecular flexibility index (Phi) is 4.99. The number of benzene rings is 1. The highest BCUT2D eigenvalue weighted by molar-refractivity contribution is 7.88. The Hall–Kier alpha value is -1.37. The van der Waals surface area contributed by atoms with E-state index < -0.39 is 10.0 Å². The first-order valence-electron chi connectivity index (χ1n) is 8.60. The van der Waals surface area contributed by atoms with Crippen molar-refractivity contribution >= 4 is 20.9 Å². The molecule has 1 N–H and O–H groups in total. The lowest BCUT2D eigenvalue weighted by Gasteiger charge is -2.17. The molecule has 0 unspecified atom stereocenters. The third kappa shape index (κ3) is 3.82. The number of fused-ring (bicyclic) bond motifs is 1. The van der Waals surface area contributed by atoms with Gasteiger partial charge in [0, 0.05) is 43.9 Å². The molecule has 2 aromatic rings. The fraction of sp³-hybridized carbons (Fsp3) is 0.556. The predicted molar refractivity (Wildman–Crippen MR) is 98.4 cm³/mol. The van der Waals surface area contributed by atoms with Crippen LogP contribution in [0.5, 0.6) is 0 Å². The van der Waals surface area contributed by atoms with E-state index in [0.717, 1.165) is 32.5 Å². The number of hydrogen-bond donors (Lipinski definition) is 1. The molecular formula is C18H27N3O2S. The molecule has 1 aromatic heterocycles. The second kappa shape index (κ2) is 6.86. The van der Waals surface area contributed by atoms with Gasteiger partial charge in [0.05, 0.1) is 6.26 Å². The molecule has 1 fully saturated rings. The Morgan fingerprint density at radius 3 is 2.67 bits per heavy atom. The van der Waals surface area contributed by atoms with E-state index in [9.17, 15) is 8.42 Å². The Morgan fingerprint density at radius 2 is 2.00 bits per heavy atom. The van der Waals surface area contributed by atoms with E-state index in [-0.39, 0.29) is 6.04 Å². The molecule has 3 rings (SSSR count). The Bertz CT molecular complexity index is 813. The fourth-order valence-corrected chi connectivity index (χ4v) is 4.71. The highest BCUT2D eigenvalue weighted by Gasteiger charge is 2.34. The molecule has 132 valence electrons. The van der Waals surface area contributed by atoms with Crippen LogP contribution in [0.2, 0.25) is 0 Å². The maximum absolute atomic E-state index is 11.6. The average molecular weight is 350 g/mol. The van der Waals surface area contributed by atoms with Crippen molar-refractivity contribution in [3.63, 3.8) is 0 Å². The van der Waals surface area contributed by atoms with Gasteiger partial charge in [-0.25, -0.2) is 13.1 Å². The maximum Gasteiger partial charge on any atom is 0.209 e. The molecule has 0 aliphatic carbocycles. The third-order valence-corrected chi connectivity index (χ3v) is 5.71. The van der Waals surface area contributed by atoms with Crippen molar-refractivity contribution in [2.24, 2.45) is 13.0 Å². The second-order valence-corrected chi connectivity index (χ2v) is 8.77. The average Bonchev–Trinajstić information content (AvgIpc) is 3.01. The summed E-state index contributed by atoms with van der Waals surface area (Å²) in [6, 6.07) is 10.7. The largest absolute Gasteiger partial charge is 0.346 e. The molecule has 24 heavy (non-hydrogen) atoms. The number of hydrogen-bond acceptors (Lipinski definition) is 3. The lowest BCUT2D eigenvalue weighted by atomic mass is 9.99. The third-order valence-electron chi connectivity index (χ3n) is 4.98. The minimum atomic E-state index is -3.17. The number of nitrogens with one attached hydrogen (secondary N) is 1. The van der Waals surface area contributed by atoms with Gasteiger partial charge in [0.2, 0.25) is 10.0 Å². The molecule has 1 aliphatic rings. The van der Waals surface area contributed by atoms with Gasteiger partial charge >= 0.3 is 0 Å². The van der Waals surface area contributed by atoms with Crippen LogP contribution in [0.3, 0.4) is 0 Å². The van der Waals surface area contributed by atoms with E-state index in [0.29, 0.717) is 5.92 Å². The van der Waals surface area contributed by atoms with Crippen LogP contribution < -0.4 is 4.72 Å². The number of sulfonamides is 1. The fourth-order valence-electron chi connectivity index (χ4n) is 3.89. The monoisotopic (exact) mass is 349 g/mol. The lowest BCUT2D eigenvalue weighted by Crippen LogP contribution is -2.39. The highest BCUT2D eigenvalue weighted by Crippen LogP contribution is 2.26. The van der Waals surface area contributed by atoms with Crippen molar-refractivity contribution in [2.45, 2.75) is 32.4 Å². The zero-order valence-corrected chi connectivity index (χ0v) is 15.5. The molecule has 0 radical (unpaired) electrons. The van der Waals surface area contributed by atoms with Gasteiger partial charge in [0.25, 0.3) is 0 Å². The Balaban J connectivity index is 1.76. The van der Waals surface area contributed by atoms with Crippen LogP contribution in [-0.2, 0) is 23.6 Å². The minimum Gasteiger partial charge on any atom is -0.346 e. The van der Waals surface area contributed by atoms with Crippen LogP contribution in [0.15, 0.2) is 30.3 Å². The summed E-state index contributed by atoms with van der Waals surface area (Å²) in [5.74, 6) is 0.388. The van der Waals surface area contributed by atoms with Crippen molar-refractivity contribution < 1.29 is 8.42 Å². The van der Waals surface area contributed by atoms with Gasteiger partial charge in [0.15, 0.2) is 0 Å². The molecule has 0 saturated carbocycles. The van der Waals surface area contributed by atoms with E-state index >= 15 is 0 Å². The van der Waals surface area contributed by atoms with E-state index in [4.69, 9.17) is 0 Å². The van der Waals surface area contributed by atoms with Crippen LogP contribution in [0.4, 0.5) is 0 Å². The van der Waals surface area contributed by atoms with Crippen molar-refractivity contribution in [3.8, 4) is 0 Å². The smallest absolute Gasteiger partial charge is 0.209 e. The molecule has 2 heterocycles. The van der Waals surface area contributed by atoms with Crippen molar-refractivity contribution in [1.29, 1.82) is 0 Å². The molecule has 1 aromatic carbocycles. The zero-order chi connectivity index (χ0) is 17.3. The number of nitrogens with zero attached hydrogens (tertiary/aromatic N) is 2. The Morgan fingerprint density at radius 1 is 1.25 bits per heavy atom. The summed E-state index contributed by atoms with van der Waals surface area (Å²) >= 11 is 0. The van der Waals surface area contributed by atoms with E-state index in [1.165, 1.54) is 22.9 Å². The number of para-hydroxylation sites is 1. The quantitative estimate of drug-likeness (QED) is 0.871. The first kappa shape index (κ1) is 17.5. The molecule has 6 heteroatoms. The number of likely N-dealkylation sites (tertiary alicyclic amines) is 1. The zero-order valence-electron chi connectivity index (χ0n) is 14.7. The lowest BCUT2D eigenvalue weighted by molar-refractivity contribution is 0.306. The van der Waals surface area contributed by atoms with Gasteiger partial charge in [-0.2, -0.15) is 0 Å². The normalized spacial score (nSPS) is 22.5. The van der Waals surface area contributed by atoms with Crippen LogP contribution in [0.1, 0.15) is 25.5 Å².